The summed E-state index contributed by atoms with van der Waals surface area (Å²) >= 11 is 0. The lowest BCUT2D eigenvalue weighted by atomic mass is 10.2. The van der Waals surface area contributed by atoms with E-state index in [1.54, 1.807) is 7.11 Å². The van der Waals surface area contributed by atoms with Crippen LogP contribution >= 0.6 is 0 Å². The number of methoxy groups -OCH3 is 1. The van der Waals surface area contributed by atoms with Gasteiger partial charge in [0.05, 0.1) is 12.7 Å². The summed E-state index contributed by atoms with van der Waals surface area (Å²) in [5, 5.41) is 3.08. The van der Waals surface area contributed by atoms with Gasteiger partial charge in [0.15, 0.2) is 0 Å². The van der Waals surface area contributed by atoms with Crippen molar-refractivity contribution >= 4 is 17.6 Å². The molecule has 0 aliphatic rings. The lowest BCUT2D eigenvalue weighted by molar-refractivity contribution is 0.185. The number of rotatable bonds is 6. The third kappa shape index (κ3) is 4.57. The van der Waals surface area contributed by atoms with Gasteiger partial charge in [-0.1, -0.05) is 12.1 Å². The highest BCUT2D eigenvalue weighted by molar-refractivity contribution is 5.55. The first-order chi connectivity index (χ1) is 10.1. The maximum atomic E-state index is 5.66. The SMILES string of the molecule is COCc1cccc(Nc2nc(N)nc(OC(C)C)n2)c1. The molecule has 0 atom stereocenters. The molecular formula is C14H19N5O2. The minimum Gasteiger partial charge on any atom is -0.461 e. The lowest BCUT2D eigenvalue weighted by Gasteiger charge is -2.10. The van der Waals surface area contributed by atoms with E-state index in [0.29, 0.717) is 12.6 Å². The maximum Gasteiger partial charge on any atom is 0.323 e. The van der Waals surface area contributed by atoms with Crippen molar-refractivity contribution in [3.63, 3.8) is 0 Å². The predicted molar refractivity (Wildman–Crippen MR) is 80.4 cm³/mol. The molecule has 3 N–H and O–H groups in total. The summed E-state index contributed by atoms with van der Waals surface area (Å²) < 4.78 is 10.5. The highest BCUT2D eigenvalue weighted by atomic mass is 16.5. The molecule has 0 aliphatic heterocycles. The number of nitrogen functional groups attached to an aromatic ring is 1. The van der Waals surface area contributed by atoms with Crippen LogP contribution in [0, 0.1) is 0 Å². The second kappa shape index (κ2) is 6.85. The maximum absolute atomic E-state index is 5.66. The van der Waals surface area contributed by atoms with Gasteiger partial charge >= 0.3 is 6.01 Å². The van der Waals surface area contributed by atoms with E-state index < -0.39 is 0 Å². The van der Waals surface area contributed by atoms with Gasteiger partial charge in [-0.05, 0) is 31.5 Å². The zero-order chi connectivity index (χ0) is 15.2. The molecule has 21 heavy (non-hydrogen) atoms. The number of nitrogens with zero attached hydrogens (tertiary/aromatic N) is 3. The molecule has 7 heteroatoms. The van der Waals surface area contributed by atoms with E-state index in [2.05, 4.69) is 20.3 Å². The first-order valence-electron chi connectivity index (χ1n) is 6.60. The topological polar surface area (TPSA) is 95.2 Å². The molecular weight excluding hydrogens is 270 g/mol. The van der Waals surface area contributed by atoms with E-state index in [4.69, 9.17) is 15.2 Å². The van der Waals surface area contributed by atoms with E-state index in [9.17, 15) is 0 Å². The first-order valence-corrected chi connectivity index (χ1v) is 6.60. The third-order valence-corrected chi connectivity index (χ3v) is 2.47. The van der Waals surface area contributed by atoms with Gasteiger partial charge in [-0.2, -0.15) is 15.0 Å². The van der Waals surface area contributed by atoms with E-state index in [-0.39, 0.29) is 18.1 Å². The minimum atomic E-state index is -0.0373. The highest BCUT2D eigenvalue weighted by Gasteiger charge is 2.07. The molecule has 0 bridgehead atoms. The quantitative estimate of drug-likeness (QED) is 0.841. The fraction of sp³-hybridized carbons (Fsp3) is 0.357. The van der Waals surface area contributed by atoms with Gasteiger partial charge in [-0.25, -0.2) is 0 Å². The number of hydrogen-bond donors (Lipinski definition) is 2. The van der Waals surface area contributed by atoms with Gasteiger partial charge in [-0.15, -0.1) is 0 Å². The van der Waals surface area contributed by atoms with E-state index >= 15 is 0 Å². The summed E-state index contributed by atoms with van der Waals surface area (Å²) in [5.74, 6) is 0.448. The Morgan fingerprint density at radius 3 is 2.76 bits per heavy atom. The van der Waals surface area contributed by atoms with Crippen LogP contribution in [0.25, 0.3) is 0 Å². The van der Waals surface area contributed by atoms with Crippen LogP contribution < -0.4 is 15.8 Å². The third-order valence-electron chi connectivity index (χ3n) is 2.47. The molecule has 0 amide bonds. The fourth-order valence-corrected chi connectivity index (χ4v) is 1.73. The lowest BCUT2D eigenvalue weighted by Crippen LogP contribution is -2.11. The van der Waals surface area contributed by atoms with Gasteiger partial charge in [0, 0.05) is 12.8 Å². The zero-order valence-electron chi connectivity index (χ0n) is 12.3. The summed E-state index contributed by atoms with van der Waals surface area (Å²) in [4.78, 5) is 12.2. The van der Waals surface area contributed by atoms with Crippen molar-refractivity contribution in [3.8, 4) is 6.01 Å². The number of ether oxygens (including phenoxy) is 2. The molecule has 0 unspecified atom stereocenters. The predicted octanol–water partition coefficient (Wildman–Crippen LogP) is 2.13. The van der Waals surface area contributed by atoms with Crippen LogP contribution in [0.4, 0.5) is 17.6 Å². The van der Waals surface area contributed by atoms with Crippen LogP contribution in [0.3, 0.4) is 0 Å². The van der Waals surface area contributed by atoms with Crippen molar-refractivity contribution < 1.29 is 9.47 Å². The Hall–Kier alpha value is -2.41. The highest BCUT2D eigenvalue weighted by Crippen LogP contribution is 2.17. The molecule has 1 heterocycles. The molecule has 0 aliphatic carbocycles. The summed E-state index contributed by atoms with van der Waals surface area (Å²) in [6.45, 7) is 4.32. The average molecular weight is 289 g/mol. The fourth-order valence-electron chi connectivity index (χ4n) is 1.73. The Labute approximate surface area is 123 Å². The molecule has 0 radical (unpaired) electrons. The Balaban J connectivity index is 2.18. The van der Waals surface area contributed by atoms with Crippen LogP contribution in [0.5, 0.6) is 6.01 Å². The van der Waals surface area contributed by atoms with E-state index in [1.165, 1.54) is 0 Å². The smallest absolute Gasteiger partial charge is 0.323 e. The normalized spacial score (nSPS) is 10.7. The number of hydrogen-bond acceptors (Lipinski definition) is 7. The largest absolute Gasteiger partial charge is 0.461 e. The summed E-state index contributed by atoms with van der Waals surface area (Å²) in [7, 11) is 1.66. The number of anilines is 3. The van der Waals surface area contributed by atoms with Crippen molar-refractivity contribution in [1.82, 2.24) is 15.0 Å². The molecule has 0 saturated heterocycles. The van der Waals surface area contributed by atoms with Crippen LogP contribution in [0.1, 0.15) is 19.4 Å². The van der Waals surface area contributed by atoms with E-state index in [1.807, 2.05) is 38.1 Å². The molecule has 1 aromatic heterocycles. The number of nitrogens with two attached hydrogens (primary N) is 1. The number of aromatic nitrogens is 3. The van der Waals surface area contributed by atoms with Crippen LogP contribution in [-0.2, 0) is 11.3 Å². The molecule has 1 aromatic carbocycles. The molecule has 0 fully saturated rings. The molecule has 7 nitrogen and oxygen atoms in total. The van der Waals surface area contributed by atoms with Crippen molar-refractivity contribution in [2.45, 2.75) is 26.6 Å². The Morgan fingerprint density at radius 2 is 2.05 bits per heavy atom. The van der Waals surface area contributed by atoms with Gasteiger partial charge in [-0.3, -0.25) is 0 Å². The van der Waals surface area contributed by atoms with Crippen molar-refractivity contribution in [3.05, 3.63) is 29.8 Å². The molecule has 112 valence electrons. The minimum absolute atomic E-state index is 0.0373. The van der Waals surface area contributed by atoms with Gasteiger partial charge in [0.1, 0.15) is 0 Å². The first kappa shape index (κ1) is 15.0. The Morgan fingerprint density at radius 1 is 1.24 bits per heavy atom. The van der Waals surface area contributed by atoms with Gasteiger partial charge in [0.25, 0.3) is 0 Å². The monoisotopic (exact) mass is 289 g/mol. The zero-order valence-corrected chi connectivity index (χ0v) is 12.3. The van der Waals surface area contributed by atoms with Crippen LogP contribution in [0.2, 0.25) is 0 Å². The summed E-state index contributed by atoms with van der Waals surface area (Å²) in [6.07, 6.45) is -0.0373. The van der Waals surface area contributed by atoms with E-state index in [0.717, 1.165) is 11.3 Å². The molecule has 0 saturated carbocycles. The van der Waals surface area contributed by atoms with Crippen molar-refractivity contribution in [2.75, 3.05) is 18.2 Å². The van der Waals surface area contributed by atoms with Crippen LogP contribution in [-0.4, -0.2) is 28.2 Å². The summed E-state index contributed by atoms with van der Waals surface area (Å²) in [5.41, 5.74) is 7.55. The van der Waals surface area contributed by atoms with Crippen LogP contribution in [0.15, 0.2) is 24.3 Å². The van der Waals surface area contributed by atoms with Crippen molar-refractivity contribution in [1.29, 1.82) is 0 Å². The second-order valence-electron chi connectivity index (χ2n) is 4.72. The summed E-state index contributed by atoms with van der Waals surface area (Å²) in [6, 6.07) is 7.96. The average Bonchev–Trinajstić information content (AvgIpc) is 2.37. The van der Waals surface area contributed by atoms with Crippen molar-refractivity contribution in [2.24, 2.45) is 0 Å². The second-order valence-corrected chi connectivity index (χ2v) is 4.72. The Kier molecular flexibility index (Phi) is 4.89. The molecule has 2 rings (SSSR count). The Bertz CT molecular complexity index is 604. The standard InChI is InChI=1S/C14H19N5O2/c1-9(2)21-14-18-12(15)17-13(19-14)16-11-6-4-5-10(7-11)8-20-3/h4-7,9H,8H2,1-3H3,(H3,15,16,17,18,19). The number of nitrogens with one attached hydrogen (secondary N) is 1. The van der Waals surface area contributed by atoms with Gasteiger partial charge in [0.2, 0.25) is 11.9 Å². The van der Waals surface area contributed by atoms with Gasteiger partial charge < -0.3 is 20.5 Å². The molecule has 2 aromatic rings. The molecule has 0 spiro atoms. The number of benzene rings is 1.